The lowest BCUT2D eigenvalue weighted by Crippen LogP contribution is -2.33. The maximum Gasteiger partial charge on any atom is 0.337 e. The lowest BCUT2D eigenvalue weighted by atomic mass is 10.1. The summed E-state index contributed by atoms with van der Waals surface area (Å²) < 4.78 is 5.69. The fraction of sp³-hybridized carbons (Fsp3) is 0.500. The van der Waals surface area contributed by atoms with Gasteiger partial charge in [0.25, 0.3) is 0 Å². The minimum absolute atomic E-state index is 0.147. The smallest absolute Gasteiger partial charge is 0.337 e. The number of nitrogens with two attached hydrogens (primary N) is 1. The molecule has 1 aromatic carbocycles. The van der Waals surface area contributed by atoms with Crippen LogP contribution in [-0.2, 0) is 4.74 Å². The maximum atomic E-state index is 11.1. The summed E-state index contributed by atoms with van der Waals surface area (Å²) in [5, 5.41) is 9.07. The van der Waals surface area contributed by atoms with Crippen molar-refractivity contribution in [3.8, 4) is 0 Å². The fourth-order valence-corrected chi connectivity index (χ4v) is 2.43. The van der Waals surface area contributed by atoms with Gasteiger partial charge in [0.2, 0.25) is 0 Å². The Kier molecular flexibility index (Phi) is 4.27. The number of nitrogens with zero attached hydrogens (tertiary/aromatic N) is 1. The summed E-state index contributed by atoms with van der Waals surface area (Å²) >= 11 is 0. The first-order valence-corrected chi connectivity index (χ1v) is 6.54. The molecule has 0 amide bonds. The van der Waals surface area contributed by atoms with Crippen molar-refractivity contribution in [2.24, 2.45) is 0 Å². The molecular weight excluding hydrogens is 244 g/mol. The van der Waals surface area contributed by atoms with Gasteiger partial charge in [0.15, 0.2) is 0 Å². The van der Waals surface area contributed by atoms with Gasteiger partial charge in [-0.3, -0.25) is 0 Å². The molecule has 0 aromatic heterocycles. The lowest BCUT2D eigenvalue weighted by Gasteiger charge is -2.29. The quantitative estimate of drug-likeness (QED) is 0.813. The second-order valence-corrected chi connectivity index (χ2v) is 4.91. The van der Waals surface area contributed by atoms with Gasteiger partial charge in [-0.1, -0.05) is 6.07 Å². The molecule has 1 unspecified atom stereocenters. The highest BCUT2D eigenvalue weighted by molar-refractivity contribution is 5.97. The number of carbonyl (C=O) groups is 1. The van der Waals surface area contributed by atoms with E-state index in [1.54, 1.807) is 6.07 Å². The zero-order chi connectivity index (χ0) is 13.8. The van der Waals surface area contributed by atoms with Crippen molar-refractivity contribution in [3.63, 3.8) is 0 Å². The van der Waals surface area contributed by atoms with Crippen molar-refractivity contribution in [2.75, 3.05) is 30.8 Å². The van der Waals surface area contributed by atoms with Crippen LogP contribution < -0.4 is 10.6 Å². The first-order valence-electron chi connectivity index (χ1n) is 6.54. The molecule has 0 saturated carbocycles. The molecule has 1 heterocycles. The van der Waals surface area contributed by atoms with E-state index in [0.717, 1.165) is 31.7 Å². The van der Waals surface area contributed by atoms with Crippen LogP contribution in [0.5, 0.6) is 0 Å². The minimum Gasteiger partial charge on any atom is -0.478 e. The van der Waals surface area contributed by atoms with E-state index in [0.29, 0.717) is 5.69 Å². The molecule has 0 spiro atoms. The SMILES string of the molecule is CN(CC1CCCCO1)c1cccc(C(=O)O)c1N. The predicted octanol–water partition coefficient (Wildman–Crippen LogP) is 1.97. The molecule has 1 saturated heterocycles. The van der Waals surface area contributed by atoms with Gasteiger partial charge >= 0.3 is 5.97 Å². The van der Waals surface area contributed by atoms with Gasteiger partial charge in [-0.25, -0.2) is 4.79 Å². The maximum absolute atomic E-state index is 11.1. The summed E-state index contributed by atoms with van der Waals surface area (Å²) in [5.74, 6) is -0.998. The Bertz CT molecular complexity index is 456. The first-order chi connectivity index (χ1) is 9.09. The Labute approximate surface area is 113 Å². The van der Waals surface area contributed by atoms with E-state index in [-0.39, 0.29) is 11.7 Å². The van der Waals surface area contributed by atoms with Crippen LogP contribution in [0.1, 0.15) is 29.6 Å². The molecule has 3 N–H and O–H groups in total. The number of hydrogen-bond donors (Lipinski definition) is 2. The number of ether oxygens (including phenoxy) is 1. The van der Waals surface area contributed by atoms with Crippen LogP contribution in [0.2, 0.25) is 0 Å². The van der Waals surface area contributed by atoms with Crippen LogP contribution in [0.4, 0.5) is 11.4 Å². The Morgan fingerprint density at radius 2 is 2.32 bits per heavy atom. The highest BCUT2D eigenvalue weighted by Crippen LogP contribution is 2.27. The summed E-state index contributed by atoms with van der Waals surface area (Å²) in [6, 6.07) is 5.07. The highest BCUT2D eigenvalue weighted by atomic mass is 16.5. The molecule has 5 nitrogen and oxygen atoms in total. The number of likely N-dealkylation sites (N-methyl/N-ethyl adjacent to an activating group) is 1. The van der Waals surface area contributed by atoms with Gasteiger partial charge < -0.3 is 20.5 Å². The monoisotopic (exact) mass is 264 g/mol. The third-order valence-corrected chi connectivity index (χ3v) is 3.48. The average molecular weight is 264 g/mol. The van der Waals surface area contributed by atoms with Gasteiger partial charge in [0, 0.05) is 20.2 Å². The van der Waals surface area contributed by atoms with Crippen molar-refractivity contribution in [1.29, 1.82) is 0 Å². The van der Waals surface area contributed by atoms with Crippen LogP contribution in [-0.4, -0.2) is 37.4 Å². The number of rotatable bonds is 4. The van der Waals surface area contributed by atoms with E-state index in [1.165, 1.54) is 12.5 Å². The number of para-hydroxylation sites is 1. The molecule has 1 aromatic rings. The number of nitrogen functional groups attached to an aromatic ring is 1. The van der Waals surface area contributed by atoms with Gasteiger partial charge in [0.05, 0.1) is 23.0 Å². The second-order valence-electron chi connectivity index (χ2n) is 4.91. The van der Waals surface area contributed by atoms with Gasteiger partial charge in [0.1, 0.15) is 0 Å². The fourth-order valence-electron chi connectivity index (χ4n) is 2.43. The van der Waals surface area contributed by atoms with Gasteiger partial charge in [-0.15, -0.1) is 0 Å². The van der Waals surface area contributed by atoms with Gasteiger partial charge in [-0.05, 0) is 31.4 Å². The third kappa shape index (κ3) is 3.17. The minimum atomic E-state index is -0.998. The van der Waals surface area contributed by atoms with Crippen molar-refractivity contribution in [2.45, 2.75) is 25.4 Å². The number of aromatic carboxylic acids is 1. The van der Waals surface area contributed by atoms with Gasteiger partial charge in [-0.2, -0.15) is 0 Å². The molecule has 1 aliphatic heterocycles. The summed E-state index contributed by atoms with van der Waals surface area (Å²) in [4.78, 5) is 13.0. The van der Waals surface area contributed by atoms with Crippen LogP contribution in [0.25, 0.3) is 0 Å². The summed E-state index contributed by atoms with van der Waals surface area (Å²) in [6.07, 6.45) is 3.55. The predicted molar refractivity (Wildman–Crippen MR) is 74.7 cm³/mol. The first kappa shape index (κ1) is 13.7. The molecule has 1 atom stereocenters. The number of benzene rings is 1. The highest BCUT2D eigenvalue weighted by Gasteiger charge is 2.19. The molecule has 19 heavy (non-hydrogen) atoms. The Balaban J connectivity index is 2.12. The molecular formula is C14H20N2O3. The number of anilines is 2. The van der Waals surface area contributed by atoms with Crippen molar-refractivity contribution >= 4 is 17.3 Å². The molecule has 0 radical (unpaired) electrons. The largest absolute Gasteiger partial charge is 0.478 e. The Hall–Kier alpha value is -1.75. The lowest BCUT2D eigenvalue weighted by molar-refractivity contribution is 0.0216. The average Bonchev–Trinajstić information content (AvgIpc) is 2.39. The molecule has 5 heteroatoms. The molecule has 1 aliphatic rings. The normalized spacial score (nSPS) is 19.1. The number of hydrogen-bond acceptors (Lipinski definition) is 4. The van der Waals surface area contributed by atoms with E-state index >= 15 is 0 Å². The van der Waals surface area contributed by atoms with Crippen molar-refractivity contribution in [1.82, 2.24) is 0 Å². The standard InChI is InChI=1S/C14H20N2O3/c1-16(9-10-5-2-3-8-19-10)12-7-4-6-11(13(12)15)14(17)18/h4,6-7,10H,2-3,5,8-9,15H2,1H3,(H,17,18). The van der Waals surface area contributed by atoms with Crippen LogP contribution in [0, 0.1) is 0 Å². The van der Waals surface area contributed by atoms with E-state index in [9.17, 15) is 4.79 Å². The summed E-state index contributed by atoms with van der Waals surface area (Å²) in [5.41, 5.74) is 7.13. The van der Waals surface area contributed by atoms with Crippen molar-refractivity contribution < 1.29 is 14.6 Å². The van der Waals surface area contributed by atoms with Crippen LogP contribution in [0.15, 0.2) is 18.2 Å². The van der Waals surface area contributed by atoms with Crippen LogP contribution >= 0.6 is 0 Å². The zero-order valence-corrected chi connectivity index (χ0v) is 11.1. The van der Waals surface area contributed by atoms with E-state index in [2.05, 4.69) is 0 Å². The van der Waals surface area contributed by atoms with Crippen molar-refractivity contribution in [3.05, 3.63) is 23.8 Å². The molecule has 0 bridgehead atoms. The Morgan fingerprint density at radius 3 is 2.95 bits per heavy atom. The number of carboxylic acids is 1. The molecule has 104 valence electrons. The molecule has 1 fully saturated rings. The topological polar surface area (TPSA) is 75.8 Å². The second kappa shape index (κ2) is 5.93. The molecule has 2 rings (SSSR count). The van der Waals surface area contributed by atoms with E-state index in [4.69, 9.17) is 15.6 Å². The molecule has 0 aliphatic carbocycles. The van der Waals surface area contributed by atoms with E-state index < -0.39 is 5.97 Å². The summed E-state index contributed by atoms with van der Waals surface area (Å²) in [6.45, 7) is 1.54. The number of carboxylic acid groups (broad SMARTS) is 1. The zero-order valence-electron chi connectivity index (χ0n) is 11.1. The third-order valence-electron chi connectivity index (χ3n) is 3.48. The summed E-state index contributed by atoms with van der Waals surface area (Å²) in [7, 11) is 1.91. The van der Waals surface area contributed by atoms with Crippen LogP contribution in [0.3, 0.4) is 0 Å². The Morgan fingerprint density at radius 1 is 1.53 bits per heavy atom. The van der Waals surface area contributed by atoms with E-state index in [1.807, 2.05) is 18.0 Å².